The minimum absolute atomic E-state index is 0.0467. The van der Waals surface area contributed by atoms with Crippen LogP contribution in [-0.4, -0.2) is 31.3 Å². The molecular weight excluding hydrogens is 378 g/mol. The lowest BCUT2D eigenvalue weighted by Gasteiger charge is -2.09. The van der Waals surface area contributed by atoms with Crippen molar-refractivity contribution in [3.8, 4) is 11.1 Å². The molecule has 0 bridgehead atoms. The molecule has 2 heterocycles. The van der Waals surface area contributed by atoms with Gasteiger partial charge < -0.3 is 15.4 Å². The van der Waals surface area contributed by atoms with Crippen LogP contribution in [0.25, 0.3) is 22.0 Å². The molecule has 0 aliphatic heterocycles. The summed E-state index contributed by atoms with van der Waals surface area (Å²) in [6.07, 6.45) is 4.37. The van der Waals surface area contributed by atoms with Crippen LogP contribution in [0.5, 0.6) is 0 Å². The molecule has 0 fully saturated rings. The van der Waals surface area contributed by atoms with Gasteiger partial charge >= 0.3 is 5.97 Å². The molecule has 4 aromatic rings. The van der Waals surface area contributed by atoms with Crippen LogP contribution in [0.3, 0.4) is 0 Å². The van der Waals surface area contributed by atoms with Crippen LogP contribution in [0, 0.1) is 5.41 Å². The molecule has 4 N–H and O–H groups in total. The van der Waals surface area contributed by atoms with Crippen molar-refractivity contribution in [2.75, 3.05) is 0 Å². The topological polar surface area (TPSA) is 110 Å². The van der Waals surface area contributed by atoms with Crippen molar-refractivity contribution in [3.05, 3.63) is 77.2 Å². The zero-order valence-corrected chi connectivity index (χ0v) is 16.9. The van der Waals surface area contributed by atoms with Crippen molar-refractivity contribution < 1.29 is 9.90 Å². The smallest absolute Gasteiger partial charge is 0.354 e. The van der Waals surface area contributed by atoms with Gasteiger partial charge in [0.25, 0.3) is 0 Å². The zero-order valence-electron chi connectivity index (χ0n) is 16.9. The first-order valence-electron chi connectivity index (χ1n) is 9.70. The molecule has 0 aliphatic carbocycles. The van der Waals surface area contributed by atoms with Crippen molar-refractivity contribution in [2.45, 2.75) is 19.9 Å². The molecule has 0 unspecified atom stereocenters. The third kappa shape index (κ3) is 3.24. The Bertz CT molecular complexity index is 1280. The van der Waals surface area contributed by atoms with Crippen molar-refractivity contribution in [3.63, 3.8) is 0 Å². The highest BCUT2D eigenvalue weighted by Crippen LogP contribution is 2.31. The van der Waals surface area contributed by atoms with E-state index in [1.54, 1.807) is 13.2 Å². The maximum atomic E-state index is 11.8. The monoisotopic (exact) mass is 401 g/mol. The number of carboxylic acid groups (broad SMARTS) is 1. The fourth-order valence-corrected chi connectivity index (χ4v) is 3.97. The molecule has 0 atom stereocenters. The van der Waals surface area contributed by atoms with Crippen LogP contribution in [0.4, 0.5) is 0 Å². The summed E-state index contributed by atoms with van der Waals surface area (Å²) in [5.74, 6) is -0.954. The molecule has 7 heteroatoms. The number of hydrogen-bond acceptors (Lipinski definition) is 3. The number of nitrogen functional groups attached to an aromatic ring is 1. The van der Waals surface area contributed by atoms with Gasteiger partial charge in [0.05, 0.1) is 6.20 Å². The second-order valence-corrected chi connectivity index (χ2v) is 7.26. The Labute approximate surface area is 173 Å². The second-order valence-electron chi connectivity index (χ2n) is 7.26. The van der Waals surface area contributed by atoms with E-state index in [9.17, 15) is 9.90 Å². The molecule has 0 saturated carbocycles. The molecular formula is C23H23N5O2. The fourth-order valence-electron chi connectivity index (χ4n) is 3.97. The largest absolute Gasteiger partial charge is 0.477 e. The number of rotatable bonds is 6. The molecule has 152 valence electrons. The van der Waals surface area contributed by atoms with Gasteiger partial charge in [-0.15, -0.1) is 0 Å². The third-order valence-electron chi connectivity index (χ3n) is 5.45. The number of nitrogens with two attached hydrogens (primary N) is 1. The van der Waals surface area contributed by atoms with E-state index >= 15 is 0 Å². The van der Waals surface area contributed by atoms with Crippen LogP contribution >= 0.6 is 0 Å². The van der Waals surface area contributed by atoms with Crippen LogP contribution < -0.4 is 5.73 Å². The SMILES string of the molecule is CCn1cc(Cc2ccccc2-c2cnn(C)c2C(=O)O)c2ccc(C(=N)N)cc21. The number of carbonyl (C=O) groups is 1. The highest BCUT2D eigenvalue weighted by Gasteiger charge is 2.20. The minimum Gasteiger partial charge on any atom is -0.477 e. The van der Waals surface area contributed by atoms with Gasteiger partial charge in [-0.1, -0.05) is 36.4 Å². The summed E-state index contributed by atoms with van der Waals surface area (Å²) in [6, 6.07) is 13.6. The van der Waals surface area contributed by atoms with Crippen LogP contribution in [0.15, 0.2) is 54.9 Å². The van der Waals surface area contributed by atoms with Gasteiger partial charge in [0, 0.05) is 48.2 Å². The fraction of sp³-hybridized carbons (Fsp3) is 0.174. The van der Waals surface area contributed by atoms with E-state index < -0.39 is 5.97 Å². The molecule has 30 heavy (non-hydrogen) atoms. The standard InChI is InChI=1S/C23H23N5O2/c1-3-28-13-16(18-9-8-15(22(24)25)11-20(18)28)10-14-6-4-5-7-17(14)19-12-26-27(2)21(19)23(29)30/h4-9,11-13H,3,10H2,1-2H3,(H3,24,25)(H,29,30). The third-order valence-corrected chi connectivity index (χ3v) is 5.45. The summed E-state index contributed by atoms with van der Waals surface area (Å²) >= 11 is 0. The lowest BCUT2D eigenvalue weighted by Crippen LogP contribution is -2.10. The van der Waals surface area contributed by atoms with Gasteiger partial charge in [-0.05, 0) is 29.7 Å². The average Bonchev–Trinajstić information content (AvgIpc) is 3.28. The van der Waals surface area contributed by atoms with Gasteiger partial charge in [0.15, 0.2) is 5.69 Å². The summed E-state index contributed by atoms with van der Waals surface area (Å²) in [7, 11) is 1.64. The number of hydrogen-bond donors (Lipinski definition) is 3. The number of nitrogens with zero attached hydrogens (tertiary/aromatic N) is 3. The zero-order chi connectivity index (χ0) is 21.4. The molecule has 4 rings (SSSR count). The number of benzene rings is 2. The van der Waals surface area contributed by atoms with Gasteiger partial charge in [-0.25, -0.2) is 4.79 Å². The first-order chi connectivity index (χ1) is 14.4. The number of aromatic nitrogens is 3. The first-order valence-corrected chi connectivity index (χ1v) is 9.70. The average molecular weight is 401 g/mol. The van der Waals surface area contributed by atoms with Gasteiger partial charge in [0.2, 0.25) is 0 Å². The summed E-state index contributed by atoms with van der Waals surface area (Å²) < 4.78 is 3.53. The molecule has 2 aromatic heterocycles. The molecule has 2 aromatic carbocycles. The Balaban J connectivity index is 1.83. The highest BCUT2D eigenvalue weighted by atomic mass is 16.4. The predicted molar refractivity (Wildman–Crippen MR) is 117 cm³/mol. The van der Waals surface area contributed by atoms with Gasteiger partial charge in [-0.3, -0.25) is 10.1 Å². The Morgan fingerprint density at radius 2 is 1.93 bits per heavy atom. The van der Waals surface area contributed by atoms with E-state index in [1.165, 1.54) is 4.68 Å². The van der Waals surface area contributed by atoms with Crippen molar-refractivity contribution in [2.24, 2.45) is 12.8 Å². The lowest BCUT2D eigenvalue weighted by molar-refractivity contribution is 0.0686. The molecule has 7 nitrogen and oxygen atoms in total. The summed E-state index contributed by atoms with van der Waals surface area (Å²) in [6.45, 7) is 2.87. The van der Waals surface area contributed by atoms with E-state index in [1.807, 2.05) is 42.5 Å². The molecule has 0 aliphatic rings. The number of fused-ring (bicyclic) bond motifs is 1. The lowest BCUT2D eigenvalue weighted by atomic mass is 9.95. The predicted octanol–water partition coefficient (Wildman–Crippen LogP) is 3.63. The number of carboxylic acids is 1. The summed E-state index contributed by atoms with van der Waals surface area (Å²) in [4.78, 5) is 11.8. The van der Waals surface area contributed by atoms with Crippen LogP contribution in [0.2, 0.25) is 0 Å². The van der Waals surface area contributed by atoms with Crippen LogP contribution in [0.1, 0.15) is 34.1 Å². The molecule has 0 saturated heterocycles. The number of amidine groups is 1. The van der Waals surface area contributed by atoms with E-state index in [4.69, 9.17) is 11.1 Å². The minimum atomic E-state index is -1.00. The number of aryl methyl sites for hydroxylation is 2. The van der Waals surface area contributed by atoms with E-state index in [2.05, 4.69) is 22.8 Å². The second kappa shape index (κ2) is 7.51. The normalized spacial score (nSPS) is 11.1. The van der Waals surface area contributed by atoms with Crippen molar-refractivity contribution >= 4 is 22.7 Å². The quantitative estimate of drug-likeness (QED) is 0.338. The Kier molecular flexibility index (Phi) is 4.87. The maximum absolute atomic E-state index is 11.8. The van der Waals surface area contributed by atoms with Crippen molar-refractivity contribution in [1.29, 1.82) is 5.41 Å². The van der Waals surface area contributed by atoms with E-state index in [-0.39, 0.29) is 11.5 Å². The first kappa shape index (κ1) is 19.4. The Morgan fingerprint density at radius 3 is 2.63 bits per heavy atom. The summed E-state index contributed by atoms with van der Waals surface area (Å²) in [5.41, 5.74) is 11.2. The van der Waals surface area contributed by atoms with E-state index in [0.29, 0.717) is 17.5 Å². The van der Waals surface area contributed by atoms with Crippen molar-refractivity contribution in [1.82, 2.24) is 14.3 Å². The van der Waals surface area contributed by atoms with Gasteiger partial charge in [0.1, 0.15) is 5.84 Å². The maximum Gasteiger partial charge on any atom is 0.354 e. The van der Waals surface area contributed by atoms with Crippen LogP contribution in [-0.2, 0) is 20.0 Å². The molecule has 0 amide bonds. The number of aromatic carboxylic acids is 1. The van der Waals surface area contributed by atoms with Gasteiger partial charge in [-0.2, -0.15) is 5.10 Å². The highest BCUT2D eigenvalue weighted by molar-refractivity contribution is 5.99. The Morgan fingerprint density at radius 1 is 1.17 bits per heavy atom. The molecule has 0 spiro atoms. The van der Waals surface area contributed by atoms with E-state index in [0.717, 1.165) is 34.1 Å². The molecule has 0 radical (unpaired) electrons. The summed E-state index contributed by atoms with van der Waals surface area (Å²) in [5, 5.41) is 22.6. The Hall–Kier alpha value is -3.87. The number of nitrogens with one attached hydrogen (secondary N) is 1.